The van der Waals surface area contributed by atoms with Crippen molar-refractivity contribution in [1.29, 1.82) is 0 Å². The quantitative estimate of drug-likeness (QED) is 0.404. The van der Waals surface area contributed by atoms with E-state index in [0.717, 1.165) is 16.7 Å². The molecule has 0 aliphatic rings. The van der Waals surface area contributed by atoms with Crippen LogP contribution in [0.2, 0.25) is 5.02 Å². The van der Waals surface area contributed by atoms with Gasteiger partial charge in [-0.25, -0.2) is 0 Å². The summed E-state index contributed by atoms with van der Waals surface area (Å²) in [6.07, 6.45) is 0. The summed E-state index contributed by atoms with van der Waals surface area (Å²) in [6.45, 7) is 5.53. The van der Waals surface area contributed by atoms with Crippen molar-refractivity contribution in [1.82, 2.24) is 0 Å². The highest BCUT2D eigenvalue weighted by atomic mass is 35.5. The van der Waals surface area contributed by atoms with Crippen LogP contribution < -0.4 is 15.5 Å². The topological polar surface area (TPSA) is 68.5 Å². The summed E-state index contributed by atoms with van der Waals surface area (Å²) >= 11 is 6.08. The zero-order chi connectivity index (χ0) is 22.8. The third-order valence-corrected chi connectivity index (χ3v) is 5.59. The fourth-order valence-electron chi connectivity index (χ4n) is 3.39. The van der Waals surface area contributed by atoms with Crippen LogP contribution in [0.15, 0.2) is 69.9 Å². The molecular weight excluding hydrogens is 426 g/mol. The average molecular weight is 448 g/mol. The summed E-state index contributed by atoms with van der Waals surface area (Å²) in [6, 6.07) is 18.0. The number of aryl methyl sites for hydroxylation is 2. The molecule has 1 aromatic heterocycles. The Morgan fingerprint density at radius 3 is 2.53 bits per heavy atom. The van der Waals surface area contributed by atoms with E-state index in [2.05, 4.69) is 5.32 Å². The fourth-order valence-corrected chi connectivity index (χ4v) is 3.56. The highest BCUT2D eigenvalue weighted by molar-refractivity contribution is 6.31. The molecule has 0 saturated carbocycles. The summed E-state index contributed by atoms with van der Waals surface area (Å²) in [5.74, 6) is -0.136. The predicted molar refractivity (Wildman–Crippen MR) is 128 cm³/mol. The first-order valence-corrected chi connectivity index (χ1v) is 10.5. The van der Waals surface area contributed by atoms with Gasteiger partial charge in [-0.15, -0.1) is 0 Å². The van der Waals surface area contributed by atoms with E-state index in [-0.39, 0.29) is 29.5 Å². The molecule has 1 amide bonds. The van der Waals surface area contributed by atoms with E-state index in [1.807, 2.05) is 63.2 Å². The molecule has 3 aromatic carbocycles. The van der Waals surface area contributed by atoms with E-state index in [0.29, 0.717) is 27.2 Å². The second kappa shape index (κ2) is 8.89. The second-order valence-corrected chi connectivity index (χ2v) is 8.12. The summed E-state index contributed by atoms with van der Waals surface area (Å²) in [4.78, 5) is 25.8. The first-order valence-electron chi connectivity index (χ1n) is 10.2. The molecule has 0 unspecified atom stereocenters. The Bertz CT molecular complexity index is 1370. The molecule has 5 nitrogen and oxygen atoms in total. The van der Waals surface area contributed by atoms with Crippen LogP contribution in [0.25, 0.3) is 22.3 Å². The van der Waals surface area contributed by atoms with E-state index in [4.69, 9.17) is 20.8 Å². The molecule has 1 N–H and O–H groups in total. The minimum absolute atomic E-state index is 0.0280. The van der Waals surface area contributed by atoms with Crippen molar-refractivity contribution >= 4 is 34.2 Å². The van der Waals surface area contributed by atoms with Gasteiger partial charge in [0.15, 0.2) is 12.4 Å². The summed E-state index contributed by atoms with van der Waals surface area (Å²) in [5.41, 5.74) is 4.49. The maximum absolute atomic E-state index is 13.2. The van der Waals surface area contributed by atoms with Gasteiger partial charge in [-0.1, -0.05) is 53.6 Å². The van der Waals surface area contributed by atoms with Gasteiger partial charge in [-0.2, -0.15) is 0 Å². The fraction of sp³-hybridized carbons (Fsp3) is 0.154. The lowest BCUT2D eigenvalue weighted by Crippen LogP contribution is -2.23. The Labute approximate surface area is 190 Å². The highest BCUT2D eigenvalue weighted by Crippen LogP contribution is 2.32. The third kappa shape index (κ3) is 4.39. The molecule has 1 heterocycles. The summed E-state index contributed by atoms with van der Waals surface area (Å²) < 4.78 is 11.8. The van der Waals surface area contributed by atoms with Crippen molar-refractivity contribution in [2.75, 3.05) is 11.9 Å². The van der Waals surface area contributed by atoms with E-state index in [9.17, 15) is 9.59 Å². The molecule has 4 rings (SSSR count). The van der Waals surface area contributed by atoms with Crippen LogP contribution in [0.5, 0.6) is 5.75 Å². The summed E-state index contributed by atoms with van der Waals surface area (Å²) in [5, 5.41) is 3.53. The number of ether oxygens (including phenoxy) is 1. The Hall–Kier alpha value is -3.57. The Balaban J connectivity index is 1.70. The van der Waals surface area contributed by atoms with Crippen molar-refractivity contribution in [2.45, 2.75) is 20.8 Å². The molecular formula is C26H22ClNO4. The molecule has 6 heteroatoms. The molecule has 0 atom stereocenters. The van der Waals surface area contributed by atoms with Gasteiger partial charge in [0.25, 0.3) is 5.91 Å². The number of nitrogens with one attached hydrogen (secondary N) is 1. The molecule has 0 aliphatic carbocycles. The largest absolute Gasteiger partial charge is 0.476 e. The minimum Gasteiger partial charge on any atom is -0.476 e. The lowest BCUT2D eigenvalue weighted by atomic mass is 10.1. The molecule has 0 aliphatic heterocycles. The molecule has 0 spiro atoms. The van der Waals surface area contributed by atoms with Crippen LogP contribution in [0.1, 0.15) is 16.7 Å². The number of hydrogen-bond donors (Lipinski definition) is 1. The first-order chi connectivity index (χ1) is 15.3. The van der Waals surface area contributed by atoms with Crippen LogP contribution in [0.4, 0.5) is 5.69 Å². The van der Waals surface area contributed by atoms with Crippen LogP contribution in [-0.2, 0) is 4.79 Å². The molecule has 0 fully saturated rings. The number of carbonyl (C=O) groups is 1. The number of halogens is 1. The zero-order valence-corrected chi connectivity index (χ0v) is 18.7. The Kier molecular flexibility index (Phi) is 6.01. The van der Waals surface area contributed by atoms with Crippen LogP contribution in [-0.4, -0.2) is 12.5 Å². The highest BCUT2D eigenvalue weighted by Gasteiger charge is 2.19. The second-order valence-electron chi connectivity index (χ2n) is 7.68. The SMILES string of the molecule is Cc1ccc(-c2oc3ccc(Cl)cc3c(=O)c2OCC(=O)Nc2cccc(C)c2C)cc1. The third-order valence-electron chi connectivity index (χ3n) is 5.35. The molecule has 32 heavy (non-hydrogen) atoms. The number of amides is 1. The van der Waals surface area contributed by atoms with Crippen LogP contribution in [0.3, 0.4) is 0 Å². The molecule has 0 bridgehead atoms. The monoisotopic (exact) mass is 447 g/mol. The first kappa shape index (κ1) is 21.7. The van der Waals surface area contributed by atoms with Gasteiger partial charge in [0, 0.05) is 16.3 Å². The van der Waals surface area contributed by atoms with E-state index in [1.54, 1.807) is 12.1 Å². The van der Waals surface area contributed by atoms with E-state index >= 15 is 0 Å². The standard InChI is InChI=1S/C26H22ClNO4/c1-15-7-9-18(10-8-15)25-26(24(30)20-13-19(27)11-12-22(20)32-25)31-14-23(29)28-21-6-4-5-16(2)17(21)3/h4-13H,14H2,1-3H3,(H,28,29). The van der Waals surface area contributed by atoms with Crippen LogP contribution in [0, 0.1) is 20.8 Å². The normalized spacial score (nSPS) is 10.9. The molecule has 162 valence electrons. The van der Waals surface area contributed by atoms with Gasteiger partial charge >= 0.3 is 0 Å². The van der Waals surface area contributed by atoms with Crippen molar-refractivity contribution in [3.05, 3.63) is 92.6 Å². The van der Waals surface area contributed by atoms with Crippen molar-refractivity contribution in [3.8, 4) is 17.1 Å². The van der Waals surface area contributed by atoms with Gasteiger partial charge < -0.3 is 14.5 Å². The summed E-state index contributed by atoms with van der Waals surface area (Å²) in [7, 11) is 0. The number of hydrogen-bond acceptors (Lipinski definition) is 4. The predicted octanol–water partition coefficient (Wildman–Crippen LogP) is 6.06. The number of anilines is 1. The van der Waals surface area contributed by atoms with Gasteiger partial charge in [0.2, 0.25) is 11.2 Å². The average Bonchev–Trinajstić information content (AvgIpc) is 2.77. The lowest BCUT2D eigenvalue weighted by molar-refractivity contribution is -0.118. The smallest absolute Gasteiger partial charge is 0.262 e. The minimum atomic E-state index is -0.385. The Morgan fingerprint density at radius 1 is 1.03 bits per heavy atom. The van der Waals surface area contributed by atoms with Crippen molar-refractivity contribution in [2.24, 2.45) is 0 Å². The van der Waals surface area contributed by atoms with Crippen molar-refractivity contribution in [3.63, 3.8) is 0 Å². The maximum Gasteiger partial charge on any atom is 0.262 e. The number of carbonyl (C=O) groups excluding carboxylic acids is 1. The van der Waals surface area contributed by atoms with E-state index in [1.165, 1.54) is 6.07 Å². The lowest BCUT2D eigenvalue weighted by Gasteiger charge is -2.13. The molecule has 4 aromatic rings. The van der Waals surface area contributed by atoms with Crippen LogP contribution >= 0.6 is 11.6 Å². The number of benzene rings is 3. The number of rotatable bonds is 5. The number of fused-ring (bicyclic) bond motifs is 1. The zero-order valence-electron chi connectivity index (χ0n) is 18.0. The maximum atomic E-state index is 13.2. The van der Waals surface area contributed by atoms with Gasteiger partial charge in [-0.05, 0) is 56.2 Å². The molecule has 0 radical (unpaired) electrons. The van der Waals surface area contributed by atoms with Gasteiger partial charge in [0.05, 0.1) is 5.39 Å². The van der Waals surface area contributed by atoms with E-state index < -0.39 is 0 Å². The Morgan fingerprint density at radius 2 is 1.78 bits per heavy atom. The van der Waals surface area contributed by atoms with Gasteiger partial charge in [-0.3, -0.25) is 9.59 Å². The molecule has 0 saturated heterocycles. The van der Waals surface area contributed by atoms with Gasteiger partial charge in [0.1, 0.15) is 5.58 Å². The van der Waals surface area contributed by atoms with Crippen molar-refractivity contribution < 1.29 is 13.9 Å².